The van der Waals surface area contributed by atoms with Gasteiger partial charge in [-0.15, -0.1) is 0 Å². The second-order valence-electron chi connectivity index (χ2n) is 4.89. The fourth-order valence-electron chi connectivity index (χ4n) is 2.33. The van der Waals surface area contributed by atoms with E-state index in [1.54, 1.807) is 0 Å². The first-order valence-corrected chi connectivity index (χ1v) is 6.29. The summed E-state index contributed by atoms with van der Waals surface area (Å²) in [7, 11) is 3.97. The number of hydrogen-bond acceptors (Lipinski definition) is 2. The van der Waals surface area contributed by atoms with E-state index < -0.39 is 0 Å². The van der Waals surface area contributed by atoms with E-state index in [2.05, 4.69) is 49.4 Å². The highest BCUT2D eigenvalue weighted by Gasteiger charge is 2.14. The topological polar surface area (TPSA) is 29.9 Å². The highest BCUT2D eigenvalue weighted by atomic mass is 15.3. The average Bonchev–Trinajstić information content (AvgIpc) is 2.61. The van der Waals surface area contributed by atoms with Crippen molar-refractivity contribution >= 4 is 0 Å². The van der Waals surface area contributed by atoms with Gasteiger partial charge < -0.3 is 5.32 Å². The van der Waals surface area contributed by atoms with Gasteiger partial charge in [0.25, 0.3) is 0 Å². The highest BCUT2D eigenvalue weighted by molar-refractivity contribution is 5.68. The van der Waals surface area contributed by atoms with E-state index in [0.29, 0.717) is 0 Å². The molecule has 3 heteroatoms. The summed E-state index contributed by atoms with van der Waals surface area (Å²) < 4.78 is 1.98. The van der Waals surface area contributed by atoms with Crippen molar-refractivity contribution in [1.82, 2.24) is 15.1 Å². The molecular weight excluding hydrogens is 222 g/mol. The molecule has 1 heterocycles. The van der Waals surface area contributed by atoms with Gasteiger partial charge in [-0.05, 0) is 45.0 Å². The molecule has 0 spiro atoms. The van der Waals surface area contributed by atoms with Crippen LogP contribution in [0.15, 0.2) is 18.2 Å². The van der Waals surface area contributed by atoms with Crippen LogP contribution >= 0.6 is 0 Å². The van der Waals surface area contributed by atoms with Crippen molar-refractivity contribution < 1.29 is 0 Å². The van der Waals surface area contributed by atoms with Crippen molar-refractivity contribution in [1.29, 1.82) is 0 Å². The molecule has 1 N–H and O–H groups in total. The molecule has 2 rings (SSSR count). The summed E-state index contributed by atoms with van der Waals surface area (Å²) in [6.07, 6.45) is 0. The second-order valence-corrected chi connectivity index (χ2v) is 4.89. The Bertz CT molecular complexity index is 567. The Morgan fingerprint density at radius 2 is 1.94 bits per heavy atom. The molecule has 0 fully saturated rings. The molecular formula is C15H21N3. The quantitative estimate of drug-likeness (QED) is 0.898. The fourth-order valence-corrected chi connectivity index (χ4v) is 2.33. The average molecular weight is 243 g/mol. The van der Waals surface area contributed by atoms with E-state index in [4.69, 9.17) is 0 Å². The minimum absolute atomic E-state index is 0.847. The molecule has 0 atom stereocenters. The number of rotatable bonds is 3. The van der Waals surface area contributed by atoms with E-state index >= 15 is 0 Å². The van der Waals surface area contributed by atoms with Crippen LogP contribution < -0.4 is 5.32 Å². The molecule has 0 saturated heterocycles. The molecule has 1 aromatic carbocycles. The maximum absolute atomic E-state index is 4.68. The van der Waals surface area contributed by atoms with Crippen molar-refractivity contribution in [3.05, 3.63) is 40.6 Å². The molecule has 1 aromatic heterocycles. The summed E-state index contributed by atoms with van der Waals surface area (Å²) in [6, 6.07) is 6.52. The van der Waals surface area contributed by atoms with Crippen LogP contribution in [0.5, 0.6) is 0 Å². The normalized spacial score (nSPS) is 10.9. The lowest BCUT2D eigenvalue weighted by Gasteiger charge is -2.05. The molecule has 3 nitrogen and oxygen atoms in total. The van der Waals surface area contributed by atoms with Gasteiger partial charge in [0.2, 0.25) is 0 Å². The van der Waals surface area contributed by atoms with E-state index in [0.717, 1.165) is 12.2 Å². The molecule has 96 valence electrons. The van der Waals surface area contributed by atoms with Crippen molar-refractivity contribution in [3.63, 3.8) is 0 Å². The van der Waals surface area contributed by atoms with Crippen LogP contribution in [0.1, 0.15) is 22.4 Å². The molecule has 0 bridgehead atoms. The minimum atomic E-state index is 0.847. The van der Waals surface area contributed by atoms with Crippen molar-refractivity contribution in [2.24, 2.45) is 7.05 Å². The smallest absolute Gasteiger partial charge is 0.0958 e. The molecule has 0 unspecified atom stereocenters. The van der Waals surface area contributed by atoms with Gasteiger partial charge in [0.15, 0.2) is 0 Å². The van der Waals surface area contributed by atoms with Crippen LogP contribution in [0.4, 0.5) is 0 Å². The summed E-state index contributed by atoms with van der Waals surface area (Å²) in [4.78, 5) is 0. The lowest BCUT2D eigenvalue weighted by molar-refractivity contribution is 0.671. The Morgan fingerprint density at radius 3 is 2.61 bits per heavy atom. The standard InChI is InChI=1S/C15H21N3/c1-10-6-7-11(2)13(8-10)15-12(3)14(9-16-4)18(5)17-15/h6-8,16H,9H2,1-5H3. The number of aromatic nitrogens is 2. The van der Waals surface area contributed by atoms with Crippen molar-refractivity contribution in [3.8, 4) is 11.3 Å². The first-order valence-electron chi connectivity index (χ1n) is 6.29. The first-order chi connectivity index (χ1) is 8.54. The van der Waals surface area contributed by atoms with Crippen LogP contribution in [-0.2, 0) is 13.6 Å². The van der Waals surface area contributed by atoms with Gasteiger partial charge in [-0.1, -0.05) is 17.7 Å². The third-order valence-corrected chi connectivity index (χ3v) is 3.42. The lowest BCUT2D eigenvalue weighted by atomic mass is 10.00. The molecule has 18 heavy (non-hydrogen) atoms. The zero-order chi connectivity index (χ0) is 13.3. The number of nitrogens with zero attached hydrogens (tertiary/aromatic N) is 2. The minimum Gasteiger partial charge on any atom is -0.314 e. The van der Waals surface area contributed by atoms with Gasteiger partial charge in [0.1, 0.15) is 0 Å². The van der Waals surface area contributed by atoms with Gasteiger partial charge in [-0.2, -0.15) is 5.10 Å². The Hall–Kier alpha value is -1.61. The molecule has 0 aliphatic rings. The van der Waals surface area contributed by atoms with Crippen LogP contribution in [0.25, 0.3) is 11.3 Å². The zero-order valence-electron chi connectivity index (χ0n) is 11.8. The van der Waals surface area contributed by atoms with Gasteiger partial charge in [-0.3, -0.25) is 4.68 Å². The Labute approximate surface area is 109 Å². The second kappa shape index (κ2) is 4.94. The van der Waals surface area contributed by atoms with E-state index in [-0.39, 0.29) is 0 Å². The fraction of sp³-hybridized carbons (Fsp3) is 0.400. The molecule has 0 aliphatic carbocycles. The predicted octanol–water partition coefficient (Wildman–Crippen LogP) is 2.73. The maximum Gasteiger partial charge on any atom is 0.0958 e. The largest absolute Gasteiger partial charge is 0.314 e. The maximum atomic E-state index is 4.68. The third kappa shape index (κ3) is 2.18. The highest BCUT2D eigenvalue weighted by Crippen LogP contribution is 2.28. The Balaban J connectivity index is 2.57. The number of hydrogen-bond donors (Lipinski definition) is 1. The van der Waals surface area contributed by atoms with Crippen molar-refractivity contribution in [2.45, 2.75) is 27.3 Å². The third-order valence-electron chi connectivity index (χ3n) is 3.42. The summed E-state index contributed by atoms with van der Waals surface area (Å²) >= 11 is 0. The first kappa shape index (κ1) is 12.8. The van der Waals surface area contributed by atoms with Gasteiger partial charge in [-0.25, -0.2) is 0 Å². The molecule has 2 aromatic rings. The van der Waals surface area contributed by atoms with Gasteiger partial charge >= 0.3 is 0 Å². The number of benzene rings is 1. The van der Waals surface area contributed by atoms with E-state index in [9.17, 15) is 0 Å². The van der Waals surface area contributed by atoms with Crippen molar-refractivity contribution in [2.75, 3.05) is 7.05 Å². The van der Waals surface area contributed by atoms with E-state index in [1.807, 2.05) is 18.8 Å². The SMILES string of the molecule is CNCc1c(C)c(-c2cc(C)ccc2C)nn1C. The molecule has 0 amide bonds. The summed E-state index contributed by atoms with van der Waals surface area (Å²) in [5.74, 6) is 0. The van der Waals surface area contributed by atoms with Gasteiger partial charge in [0.05, 0.1) is 11.4 Å². The number of aryl methyl sites for hydroxylation is 3. The lowest BCUT2D eigenvalue weighted by Crippen LogP contribution is -2.10. The number of nitrogens with one attached hydrogen (secondary N) is 1. The Morgan fingerprint density at radius 1 is 1.22 bits per heavy atom. The Kier molecular flexibility index (Phi) is 3.53. The summed E-state index contributed by atoms with van der Waals surface area (Å²) in [5.41, 5.74) is 7.40. The van der Waals surface area contributed by atoms with Crippen LogP contribution in [0.2, 0.25) is 0 Å². The molecule has 0 saturated carbocycles. The molecule has 0 aliphatic heterocycles. The molecule has 0 radical (unpaired) electrons. The monoisotopic (exact) mass is 243 g/mol. The van der Waals surface area contributed by atoms with Gasteiger partial charge in [0, 0.05) is 19.2 Å². The van der Waals surface area contributed by atoms with Crippen LogP contribution in [-0.4, -0.2) is 16.8 Å². The van der Waals surface area contributed by atoms with E-state index in [1.165, 1.54) is 27.9 Å². The summed E-state index contributed by atoms with van der Waals surface area (Å²) in [6.45, 7) is 7.26. The summed E-state index contributed by atoms with van der Waals surface area (Å²) in [5, 5.41) is 7.87. The zero-order valence-corrected chi connectivity index (χ0v) is 11.8. The van der Waals surface area contributed by atoms with Crippen LogP contribution in [0.3, 0.4) is 0 Å². The van der Waals surface area contributed by atoms with Crippen LogP contribution in [0, 0.1) is 20.8 Å². The predicted molar refractivity (Wildman–Crippen MR) is 75.6 cm³/mol.